The molecule has 0 radical (unpaired) electrons. The molecule has 1 aromatic rings. The number of carbonyl (C=O) groups is 2. The molecule has 0 bridgehead atoms. The highest BCUT2D eigenvalue weighted by molar-refractivity contribution is 5.95. The summed E-state index contributed by atoms with van der Waals surface area (Å²) in [5.41, 5.74) is 0.179. The second-order valence-corrected chi connectivity index (χ2v) is 6.73. The Morgan fingerprint density at radius 2 is 1.50 bits per heavy atom. The number of nitrogens with zero attached hydrogens (tertiary/aromatic N) is 1. The lowest BCUT2D eigenvalue weighted by Gasteiger charge is -2.34. The van der Waals surface area contributed by atoms with Crippen molar-refractivity contribution >= 4 is 11.9 Å². The van der Waals surface area contributed by atoms with Crippen molar-refractivity contribution in [1.29, 1.82) is 0 Å². The minimum absolute atomic E-state index is 0.179. The summed E-state index contributed by atoms with van der Waals surface area (Å²) in [7, 11) is 4.41. The predicted molar refractivity (Wildman–Crippen MR) is 95.9 cm³/mol. The summed E-state index contributed by atoms with van der Waals surface area (Å²) in [4.78, 5) is 26.6. The van der Waals surface area contributed by atoms with Crippen molar-refractivity contribution in [2.24, 2.45) is 11.8 Å². The first-order valence-corrected chi connectivity index (χ1v) is 8.64. The van der Waals surface area contributed by atoms with Crippen LogP contribution in [0.4, 0.5) is 0 Å². The van der Waals surface area contributed by atoms with Crippen molar-refractivity contribution in [2.75, 3.05) is 41.0 Å². The third-order valence-corrected chi connectivity index (χ3v) is 4.47. The first-order valence-electron chi connectivity index (χ1n) is 8.64. The number of carbonyl (C=O) groups excluding carboxylic acids is 2. The number of hydrogen-bond acceptors (Lipinski definition) is 6. The molecule has 1 aliphatic rings. The Bertz CT molecular complexity index is 650. The van der Waals surface area contributed by atoms with Gasteiger partial charge in [-0.15, -0.1) is 0 Å². The lowest BCUT2D eigenvalue weighted by molar-refractivity contribution is -0.137. The van der Waals surface area contributed by atoms with Gasteiger partial charge in [-0.3, -0.25) is 4.79 Å². The first-order chi connectivity index (χ1) is 12.4. The van der Waals surface area contributed by atoms with Crippen molar-refractivity contribution in [3.63, 3.8) is 0 Å². The molecule has 1 aliphatic heterocycles. The van der Waals surface area contributed by atoms with Gasteiger partial charge in [-0.1, -0.05) is 13.8 Å². The number of hydrogen-bond donors (Lipinski definition) is 0. The molecule has 1 heterocycles. The number of amides is 1. The van der Waals surface area contributed by atoms with Gasteiger partial charge >= 0.3 is 5.97 Å². The van der Waals surface area contributed by atoms with Crippen LogP contribution in [-0.2, 0) is 9.53 Å². The highest BCUT2D eigenvalue weighted by Crippen LogP contribution is 2.35. The Kier molecular flexibility index (Phi) is 6.71. The van der Waals surface area contributed by atoms with Crippen molar-refractivity contribution in [3.05, 3.63) is 17.7 Å². The average Bonchev–Trinajstić information content (AvgIpc) is 2.63. The molecule has 0 aliphatic carbocycles. The van der Waals surface area contributed by atoms with Crippen LogP contribution in [0.3, 0.4) is 0 Å². The maximum atomic E-state index is 12.4. The topological polar surface area (TPSA) is 74.3 Å². The number of esters is 1. The normalized spacial score (nSPS) is 19.7. The summed E-state index contributed by atoms with van der Waals surface area (Å²) in [6, 6.07) is 3.03. The van der Waals surface area contributed by atoms with Crippen LogP contribution < -0.4 is 14.2 Å². The molecule has 7 nitrogen and oxygen atoms in total. The Balaban J connectivity index is 2.06. The Morgan fingerprint density at radius 3 is 2.04 bits per heavy atom. The van der Waals surface area contributed by atoms with E-state index in [2.05, 4.69) is 13.8 Å². The fraction of sp³-hybridized carbons (Fsp3) is 0.579. The largest absolute Gasteiger partial charge is 0.496 e. The van der Waals surface area contributed by atoms with E-state index in [4.69, 9.17) is 18.9 Å². The number of benzene rings is 1. The molecule has 1 saturated heterocycles. The average molecular weight is 365 g/mol. The molecule has 1 amide bonds. The zero-order chi connectivity index (χ0) is 19.3. The second-order valence-electron chi connectivity index (χ2n) is 6.73. The van der Waals surface area contributed by atoms with Crippen LogP contribution in [0.25, 0.3) is 0 Å². The van der Waals surface area contributed by atoms with Gasteiger partial charge in [0.2, 0.25) is 0 Å². The van der Waals surface area contributed by atoms with E-state index in [1.165, 1.54) is 27.4 Å². The number of likely N-dealkylation sites (tertiary alicyclic amines) is 1. The van der Waals surface area contributed by atoms with E-state index in [0.717, 1.165) is 6.42 Å². The van der Waals surface area contributed by atoms with Gasteiger partial charge in [-0.05, 0) is 18.3 Å². The van der Waals surface area contributed by atoms with Crippen LogP contribution in [-0.4, -0.2) is 57.8 Å². The monoisotopic (exact) mass is 365 g/mol. The Labute approximate surface area is 154 Å². The molecule has 144 valence electrons. The Hall–Kier alpha value is -2.44. The van der Waals surface area contributed by atoms with E-state index in [-0.39, 0.29) is 18.1 Å². The van der Waals surface area contributed by atoms with E-state index in [1.54, 1.807) is 11.0 Å². The molecule has 2 rings (SSSR count). The molecule has 2 atom stereocenters. The molecule has 0 saturated carbocycles. The zero-order valence-electron chi connectivity index (χ0n) is 16.0. The van der Waals surface area contributed by atoms with Gasteiger partial charge in [0.25, 0.3) is 5.91 Å². The molecule has 0 N–H and O–H groups in total. The van der Waals surface area contributed by atoms with Crippen molar-refractivity contribution in [3.8, 4) is 17.2 Å². The highest BCUT2D eigenvalue weighted by Gasteiger charge is 2.26. The molecule has 1 fully saturated rings. The Morgan fingerprint density at radius 1 is 0.962 bits per heavy atom. The summed E-state index contributed by atoms with van der Waals surface area (Å²) in [6.45, 7) is 5.34. The highest BCUT2D eigenvalue weighted by atomic mass is 16.5. The van der Waals surface area contributed by atoms with E-state index in [9.17, 15) is 9.59 Å². The quantitative estimate of drug-likeness (QED) is 0.721. The number of ether oxygens (including phenoxy) is 4. The van der Waals surface area contributed by atoms with E-state index in [1.807, 2.05) is 0 Å². The fourth-order valence-corrected chi connectivity index (χ4v) is 3.35. The van der Waals surface area contributed by atoms with Crippen LogP contribution in [0.15, 0.2) is 12.1 Å². The van der Waals surface area contributed by atoms with E-state index < -0.39 is 5.97 Å². The van der Waals surface area contributed by atoms with Gasteiger partial charge in [0, 0.05) is 25.2 Å². The van der Waals surface area contributed by atoms with Gasteiger partial charge in [0.15, 0.2) is 18.1 Å². The summed E-state index contributed by atoms with van der Waals surface area (Å²) in [5.74, 6) is 1.18. The minimum atomic E-state index is -0.644. The lowest BCUT2D eigenvalue weighted by Crippen LogP contribution is -2.44. The van der Waals surface area contributed by atoms with Crippen LogP contribution in [0, 0.1) is 11.8 Å². The summed E-state index contributed by atoms with van der Waals surface area (Å²) in [6.07, 6.45) is 1.10. The van der Waals surface area contributed by atoms with Crippen LogP contribution in [0.2, 0.25) is 0 Å². The molecule has 7 heteroatoms. The van der Waals surface area contributed by atoms with Gasteiger partial charge in [-0.2, -0.15) is 0 Å². The SMILES string of the molecule is COc1cc(OC)c(C(=O)OCC(=O)N2C[C@@H](C)C[C@H](C)C2)cc1OC. The molecular formula is C19H27NO6. The third-order valence-electron chi connectivity index (χ3n) is 4.47. The molecule has 0 unspecified atom stereocenters. The standard InChI is InChI=1S/C19H27NO6/c1-12-6-13(2)10-20(9-12)18(21)11-26-19(22)14-7-16(24-4)17(25-5)8-15(14)23-3/h7-8,12-13H,6,9-11H2,1-5H3/t12-,13-/m0/s1. The van der Waals surface area contributed by atoms with Crippen LogP contribution in [0.1, 0.15) is 30.6 Å². The number of rotatable bonds is 6. The molecular weight excluding hydrogens is 338 g/mol. The molecule has 0 aromatic heterocycles. The van der Waals surface area contributed by atoms with Gasteiger partial charge < -0.3 is 23.8 Å². The fourth-order valence-electron chi connectivity index (χ4n) is 3.35. The lowest BCUT2D eigenvalue weighted by atomic mass is 9.92. The van der Waals surface area contributed by atoms with E-state index in [0.29, 0.717) is 42.2 Å². The molecule has 1 aromatic carbocycles. The van der Waals surface area contributed by atoms with Crippen molar-refractivity contribution < 1.29 is 28.5 Å². The van der Waals surface area contributed by atoms with Crippen molar-refractivity contribution in [2.45, 2.75) is 20.3 Å². The molecule has 26 heavy (non-hydrogen) atoms. The summed E-state index contributed by atoms with van der Waals surface area (Å²) >= 11 is 0. The maximum absolute atomic E-state index is 12.4. The summed E-state index contributed by atoms with van der Waals surface area (Å²) in [5, 5.41) is 0. The van der Waals surface area contributed by atoms with Crippen molar-refractivity contribution in [1.82, 2.24) is 4.90 Å². The molecule has 0 spiro atoms. The number of piperidine rings is 1. The van der Waals surface area contributed by atoms with Gasteiger partial charge in [-0.25, -0.2) is 4.79 Å². The first kappa shape index (κ1) is 19.9. The third kappa shape index (κ3) is 4.59. The van der Waals surface area contributed by atoms with Gasteiger partial charge in [0.05, 0.1) is 21.3 Å². The van der Waals surface area contributed by atoms with Crippen LogP contribution in [0.5, 0.6) is 17.2 Å². The predicted octanol–water partition coefficient (Wildman–Crippen LogP) is 2.37. The zero-order valence-corrected chi connectivity index (χ0v) is 16.0. The minimum Gasteiger partial charge on any atom is -0.496 e. The van der Waals surface area contributed by atoms with Crippen LogP contribution >= 0.6 is 0 Å². The maximum Gasteiger partial charge on any atom is 0.342 e. The van der Waals surface area contributed by atoms with E-state index >= 15 is 0 Å². The smallest absolute Gasteiger partial charge is 0.342 e. The summed E-state index contributed by atoms with van der Waals surface area (Å²) < 4.78 is 20.9. The van der Waals surface area contributed by atoms with Gasteiger partial charge in [0.1, 0.15) is 11.3 Å². The number of methoxy groups -OCH3 is 3. The second kappa shape index (κ2) is 8.78.